The molecule has 2 heterocycles. The molecule has 0 amide bonds. The van der Waals surface area contributed by atoms with Crippen molar-refractivity contribution in [2.45, 2.75) is 26.8 Å². The summed E-state index contributed by atoms with van der Waals surface area (Å²) in [6.07, 6.45) is -0.436. The second-order valence-electron chi connectivity index (χ2n) is 4.83. The minimum atomic E-state index is -2.21. The van der Waals surface area contributed by atoms with Gasteiger partial charge < -0.3 is 4.74 Å². The van der Waals surface area contributed by atoms with Crippen molar-refractivity contribution in [3.63, 3.8) is 0 Å². The molecule has 0 unspecified atom stereocenters. The Balaban J connectivity index is 2.03. The number of alkyl halides is 2. The number of aryl methyl sites for hydroxylation is 1. The van der Waals surface area contributed by atoms with Gasteiger partial charge in [0.25, 0.3) is 0 Å². The van der Waals surface area contributed by atoms with Gasteiger partial charge in [-0.2, -0.15) is 0 Å². The number of likely N-dealkylation sites (tertiary alicyclic amines) is 1. The van der Waals surface area contributed by atoms with E-state index in [0.29, 0.717) is 19.6 Å². The number of hydrogen-bond donors (Lipinski definition) is 0. The Labute approximate surface area is 106 Å². The van der Waals surface area contributed by atoms with E-state index in [1.165, 1.54) is 0 Å². The topological polar surface area (TPSA) is 25.4 Å². The van der Waals surface area contributed by atoms with E-state index in [9.17, 15) is 8.78 Å². The third-order valence-corrected chi connectivity index (χ3v) is 3.46. The molecule has 1 fully saturated rings. The van der Waals surface area contributed by atoms with E-state index in [0.717, 1.165) is 22.6 Å². The molecule has 0 spiro atoms. The molecule has 1 aliphatic rings. The average molecular weight is 256 g/mol. The molecule has 0 radical (unpaired) electrons. The Morgan fingerprint density at radius 2 is 2.11 bits per heavy atom. The molecule has 2 rings (SSSR count). The molecule has 0 atom stereocenters. The highest BCUT2D eigenvalue weighted by Gasteiger charge is 2.34. The molecule has 1 aliphatic heterocycles. The van der Waals surface area contributed by atoms with Crippen LogP contribution in [0, 0.1) is 19.8 Å². The van der Waals surface area contributed by atoms with E-state index in [1.807, 2.05) is 18.7 Å². The summed E-state index contributed by atoms with van der Waals surface area (Å²) in [6, 6.07) is 0. The van der Waals surface area contributed by atoms with Crippen LogP contribution in [0.2, 0.25) is 0 Å². The van der Waals surface area contributed by atoms with Gasteiger partial charge in [0, 0.05) is 42.9 Å². The first-order chi connectivity index (χ1) is 8.52. The molecule has 100 valence electrons. The number of halogens is 2. The lowest BCUT2D eigenvalue weighted by Crippen LogP contribution is -2.49. The van der Waals surface area contributed by atoms with Crippen LogP contribution < -0.4 is 4.74 Å². The summed E-state index contributed by atoms with van der Waals surface area (Å²) in [6.45, 7) is 5.42. The molecular formula is C13H18F2N2O. The number of aromatic nitrogens is 1. The van der Waals surface area contributed by atoms with E-state index < -0.39 is 12.3 Å². The molecule has 1 aromatic rings. The number of hydrogen-bond acceptors (Lipinski definition) is 3. The van der Waals surface area contributed by atoms with E-state index in [-0.39, 0.29) is 0 Å². The van der Waals surface area contributed by atoms with Gasteiger partial charge in [-0.05, 0) is 13.8 Å². The lowest BCUT2D eigenvalue weighted by atomic mass is 10.00. The third-order valence-electron chi connectivity index (χ3n) is 3.46. The van der Waals surface area contributed by atoms with E-state index in [4.69, 9.17) is 4.74 Å². The lowest BCUT2D eigenvalue weighted by molar-refractivity contribution is -0.0285. The molecule has 1 aromatic heterocycles. The third kappa shape index (κ3) is 2.46. The second kappa shape index (κ2) is 5.18. The summed E-state index contributed by atoms with van der Waals surface area (Å²) in [5.41, 5.74) is 2.90. The predicted molar refractivity (Wildman–Crippen MR) is 65.0 cm³/mol. The van der Waals surface area contributed by atoms with E-state index in [1.54, 1.807) is 13.3 Å². The zero-order valence-electron chi connectivity index (χ0n) is 10.9. The monoisotopic (exact) mass is 256 g/mol. The Morgan fingerprint density at radius 3 is 2.67 bits per heavy atom. The van der Waals surface area contributed by atoms with Gasteiger partial charge in [0.15, 0.2) is 0 Å². The number of rotatable bonds is 4. The molecule has 3 nitrogen and oxygen atoms in total. The van der Waals surface area contributed by atoms with Crippen LogP contribution in [0.25, 0.3) is 0 Å². The Bertz CT molecular complexity index is 431. The molecule has 0 bridgehead atoms. The van der Waals surface area contributed by atoms with Crippen LogP contribution in [0.4, 0.5) is 8.78 Å². The number of nitrogens with zero attached hydrogens (tertiary/aromatic N) is 2. The second-order valence-corrected chi connectivity index (χ2v) is 4.83. The van der Waals surface area contributed by atoms with Gasteiger partial charge in [0.05, 0.1) is 12.8 Å². The van der Waals surface area contributed by atoms with Gasteiger partial charge in [0.2, 0.25) is 6.43 Å². The molecule has 1 saturated heterocycles. The minimum absolute atomic E-state index is 0.453. The molecular weight excluding hydrogens is 238 g/mol. The molecule has 18 heavy (non-hydrogen) atoms. The maximum atomic E-state index is 12.4. The SMILES string of the molecule is COc1c(C)cnc(CN2CC(C(F)F)C2)c1C. The van der Waals surface area contributed by atoms with Crippen LogP contribution in [-0.4, -0.2) is 36.5 Å². The van der Waals surface area contributed by atoms with Gasteiger partial charge in [-0.15, -0.1) is 0 Å². The summed E-state index contributed by atoms with van der Waals surface area (Å²) in [5, 5.41) is 0. The maximum Gasteiger partial charge on any atom is 0.243 e. The van der Waals surface area contributed by atoms with Crippen LogP contribution >= 0.6 is 0 Å². The molecule has 0 aromatic carbocycles. The van der Waals surface area contributed by atoms with Gasteiger partial charge in [0.1, 0.15) is 5.75 Å². The van der Waals surface area contributed by atoms with Gasteiger partial charge in [-0.3, -0.25) is 9.88 Å². The lowest BCUT2D eigenvalue weighted by Gasteiger charge is -2.38. The fourth-order valence-electron chi connectivity index (χ4n) is 2.34. The average Bonchev–Trinajstić information content (AvgIpc) is 2.25. The van der Waals surface area contributed by atoms with Crippen LogP contribution in [0.15, 0.2) is 6.20 Å². The minimum Gasteiger partial charge on any atom is -0.496 e. The van der Waals surface area contributed by atoms with Crippen molar-refractivity contribution in [3.8, 4) is 5.75 Å². The van der Waals surface area contributed by atoms with E-state index >= 15 is 0 Å². The molecule has 5 heteroatoms. The summed E-state index contributed by atoms with van der Waals surface area (Å²) >= 11 is 0. The largest absolute Gasteiger partial charge is 0.496 e. The first-order valence-corrected chi connectivity index (χ1v) is 6.02. The zero-order chi connectivity index (χ0) is 13.3. The fourth-order valence-corrected chi connectivity index (χ4v) is 2.34. The highest BCUT2D eigenvalue weighted by atomic mass is 19.3. The highest BCUT2D eigenvalue weighted by molar-refractivity contribution is 5.41. The molecule has 0 aliphatic carbocycles. The van der Waals surface area contributed by atoms with Crippen LogP contribution in [0.3, 0.4) is 0 Å². The van der Waals surface area contributed by atoms with Crippen molar-refractivity contribution < 1.29 is 13.5 Å². The predicted octanol–water partition coefficient (Wildman–Crippen LogP) is 2.40. The number of ether oxygens (including phenoxy) is 1. The summed E-state index contributed by atoms with van der Waals surface area (Å²) in [4.78, 5) is 6.36. The van der Waals surface area contributed by atoms with Crippen molar-refractivity contribution >= 4 is 0 Å². The molecule has 0 saturated carbocycles. The van der Waals surface area contributed by atoms with Gasteiger partial charge >= 0.3 is 0 Å². The molecule has 0 N–H and O–H groups in total. The van der Waals surface area contributed by atoms with Gasteiger partial charge in [-0.25, -0.2) is 8.78 Å². The summed E-state index contributed by atoms with van der Waals surface area (Å²) < 4.78 is 30.1. The Hall–Kier alpha value is -1.23. The van der Waals surface area contributed by atoms with Crippen molar-refractivity contribution in [3.05, 3.63) is 23.0 Å². The van der Waals surface area contributed by atoms with Gasteiger partial charge in [-0.1, -0.05) is 0 Å². The summed E-state index contributed by atoms with van der Waals surface area (Å²) in [5.74, 6) is 0.364. The Kier molecular flexibility index (Phi) is 3.80. The normalized spacial score (nSPS) is 17.0. The standard InChI is InChI=1S/C13H18F2N2O/c1-8-4-16-11(9(2)12(8)18-3)7-17-5-10(6-17)13(14)15/h4,10,13H,5-7H2,1-3H3. The van der Waals surface area contributed by atoms with Crippen LogP contribution in [0.1, 0.15) is 16.8 Å². The quantitative estimate of drug-likeness (QED) is 0.827. The first kappa shape index (κ1) is 13.2. The van der Waals surface area contributed by atoms with Crippen molar-refractivity contribution in [1.82, 2.24) is 9.88 Å². The van der Waals surface area contributed by atoms with Crippen molar-refractivity contribution in [2.24, 2.45) is 5.92 Å². The Morgan fingerprint density at radius 1 is 1.44 bits per heavy atom. The summed E-state index contributed by atoms with van der Waals surface area (Å²) in [7, 11) is 1.63. The van der Waals surface area contributed by atoms with E-state index in [2.05, 4.69) is 4.98 Å². The fraction of sp³-hybridized carbons (Fsp3) is 0.615. The van der Waals surface area contributed by atoms with Crippen LogP contribution in [-0.2, 0) is 6.54 Å². The number of methoxy groups -OCH3 is 1. The zero-order valence-corrected chi connectivity index (χ0v) is 10.9. The van der Waals surface area contributed by atoms with Crippen LogP contribution in [0.5, 0.6) is 5.75 Å². The smallest absolute Gasteiger partial charge is 0.243 e. The maximum absolute atomic E-state index is 12.4. The van der Waals surface area contributed by atoms with Crippen molar-refractivity contribution in [1.29, 1.82) is 0 Å². The highest BCUT2D eigenvalue weighted by Crippen LogP contribution is 2.28. The first-order valence-electron chi connectivity index (χ1n) is 6.02. The van der Waals surface area contributed by atoms with Crippen molar-refractivity contribution in [2.75, 3.05) is 20.2 Å². The number of pyridine rings is 1.